The van der Waals surface area contributed by atoms with Crippen LogP contribution in [0.5, 0.6) is 0 Å². The zero-order valence-electron chi connectivity index (χ0n) is 21.6. The van der Waals surface area contributed by atoms with E-state index in [0.717, 1.165) is 25.8 Å². The maximum atomic E-state index is 13.5. The molecule has 7 nitrogen and oxygen atoms in total. The molecule has 1 rings (SSSR count). The number of hydrogen-bond donors (Lipinski definition) is 1. The first-order chi connectivity index (χ1) is 14.9. The first kappa shape index (κ1) is 28.1. The average molecular weight is 452 g/mol. The summed E-state index contributed by atoms with van der Waals surface area (Å²) in [5.74, 6) is 0.0468. The van der Waals surface area contributed by atoms with Crippen LogP contribution in [-0.4, -0.2) is 73.0 Å². The summed E-state index contributed by atoms with van der Waals surface area (Å²) < 4.78 is 5.08. The molecule has 0 aromatic carbocycles. The van der Waals surface area contributed by atoms with Crippen LogP contribution in [0.1, 0.15) is 67.7 Å². The van der Waals surface area contributed by atoms with E-state index in [-0.39, 0.29) is 41.7 Å². The van der Waals surface area contributed by atoms with Crippen LogP contribution in [0.2, 0.25) is 0 Å². The van der Waals surface area contributed by atoms with Crippen molar-refractivity contribution in [3.8, 4) is 0 Å². The summed E-state index contributed by atoms with van der Waals surface area (Å²) in [6.45, 7) is 14.8. The number of esters is 1. The number of amides is 2. The Balaban J connectivity index is 2.99. The number of nitrogens with one attached hydrogen (secondary N) is 1. The fraction of sp³-hybridized carbons (Fsp3) is 0.800. The topological polar surface area (TPSA) is 79.0 Å². The Morgan fingerprint density at radius 2 is 1.75 bits per heavy atom. The molecular weight excluding hydrogens is 406 g/mol. The molecule has 1 aliphatic rings. The molecule has 2 amide bonds. The third kappa shape index (κ3) is 7.61. The molecule has 0 aromatic heterocycles. The van der Waals surface area contributed by atoms with Gasteiger partial charge in [0.2, 0.25) is 11.8 Å². The number of carbonyl (C=O) groups excluding carboxylic acids is 3. The zero-order chi connectivity index (χ0) is 24.6. The molecule has 1 heterocycles. The lowest BCUT2D eigenvalue weighted by Crippen LogP contribution is -2.58. The summed E-state index contributed by atoms with van der Waals surface area (Å²) in [5, 5.41) is 3.04. The van der Waals surface area contributed by atoms with Gasteiger partial charge in [-0.3, -0.25) is 14.5 Å². The number of ether oxygens (including phenoxy) is 1. The SMILES string of the molecule is CCOC(=O)/C(C)=C/[C@H](C(C)C)N(C)C(=O)[C@@H](NC(=O)C1CC[C@@H](CC)CN1C)C(C)C. The van der Waals surface area contributed by atoms with E-state index < -0.39 is 6.04 Å². The van der Waals surface area contributed by atoms with E-state index in [0.29, 0.717) is 18.1 Å². The second-order valence-corrected chi connectivity index (χ2v) is 9.79. The summed E-state index contributed by atoms with van der Waals surface area (Å²) in [5.41, 5.74) is 0.477. The minimum Gasteiger partial charge on any atom is -0.463 e. The van der Waals surface area contributed by atoms with Crippen molar-refractivity contribution in [2.45, 2.75) is 85.9 Å². The highest BCUT2D eigenvalue weighted by Crippen LogP contribution is 2.24. The molecule has 32 heavy (non-hydrogen) atoms. The van der Waals surface area contributed by atoms with Crippen molar-refractivity contribution in [2.75, 3.05) is 27.2 Å². The Hall–Kier alpha value is -1.89. The Bertz CT molecular complexity index is 674. The second kappa shape index (κ2) is 13.0. The molecule has 4 atom stereocenters. The van der Waals surface area contributed by atoms with Crippen LogP contribution in [0.15, 0.2) is 11.6 Å². The van der Waals surface area contributed by atoms with Crippen molar-refractivity contribution >= 4 is 17.8 Å². The lowest BCUT2D eigenvalue weighted by Gasteiger charge is -2.38. The van der Waals surface area contributed by atoms with Gasteiger partial charge < -0.3 is 15.0 Å². The van der Waals surface area contributed by atoms with Gasteiger partial charge >= 0.3 is 5.97 Å². The number of piperidine rings is 1. The Labute approximate surface area is 194 Å². The first-order valence-corrected chi connectivity index (χ1v) is 12.1. The molecule has 1 N–H and O–H groups in total. The van der Waals surface area contributed by atoms with Gasteiger partial charge in [-0.05, 0) is 51.5 Å². The van der Waals surface area contributed by atoms with E-state index in [9.17, 15) is 14.4 Å². The van der Waals surface area contributed by atoms with Crippen LogP contribution in [0, 0.1) is 17.8 Å². The highest BCUT2D eigenvalue weighted by Gasteiger charge is 2.35. The third-order valence-corrected chi connectivity index (χ3v) is 6.53. The number of hydrogen-bond acceptors (Lipinski definition) is 5. The van der Waals surface area contributed by atoms with E-state index in [4.69, 9.17) is 4.74 Å². The van der Waals surface area contributed by atoms with Crippen molar-refractivity contribution < 1.29 is 19.1 Å². The van der Waals surface area contributed by atoms with Gasteiger partial charge in [-0.1, -0.05) is 47.1 Å². The summed E-state index contributed by atoms with van der Waals surface area (Å²) in [4.78, 5) is 42.4. The van der Waals surface area contributed by atoms with Crippen LogP contribution in [0.3, 0.4) is 0 Å². The molecule has 7 heteroatoms. The van der Waals surface area contributed by atoms with E-state index in [2.05, 4.69) is 17.1 Å². The van der Waals surface area contributed by atoms with Gasteiger partial charge in [-0.15, -0.1) is 0 Å². The molecule has 0 aliphatic carbocycles. The zero-order valence-corrected chi connectivity index (χ0v) is 21.6. The smallest absolute Gasteiger partial charge is 0.333 e. The Kier molecular flexibility index (Phi) is 11.4. The molecule has 0 bridgehead atoms. The largest absolute Gasteiger partial charge is 0.463 e. The van der Waals surface area contributed by atoms with Gasteiger partial charge in [-0.25, -0.2) is 4.79 Å². The number of likely N-dealkylation sites (N-methyl/N-ethyl adjacent to an activating group) is 2. The highest BCUT2D eigenvalue weighted by atomic mass is 16.5. The number of nitrogens with zero attached hydrogens (tertiary/aromatic N) is 2. The Morgan fingerprint density at radius 1 is 1.12 bits per heavy atom. The fourth-order valence-corrected chi connectivity index (χ4v) is 4.35. The van der Waals surface area contributed by atoms with E-state index in [1.54, 1.807) is 31.9 Å². The average Bonchev–Trinajstić information content (AvgIpc) is 2.73. The number of likely N-dealkylation sites (tertiary alicyclic amines) is 1. The summed E-state index contributed by atoms with van der Waals surface area (Å²) in [6, 6.07) is -1.11. The van der Waals surface area contributed by atoms with E-state index in [1.807, 2.05) is 34.7 Å². The highest BCUT2D eigenvalue weighted by molar-refractivity contribution is 5.91. The van der Waals surface area contributed by atoms with Crippen LogP contribution >= 0.6 is 0 Å². The van der Waals surface area contributed by atoms with Gasteiger partial charge in [0.05, 0.1) is 18.7 Å². The van der Waals surface area contributed by atoms with Gasteiger partial charge in [0.15, 0.2) is 0 Å². The van der Waals surface area contributed by atoms with Crippen molar-refractivity contribution in [3.63, 3.8) is 0 Å². The molecule has 184 valence electrons. The summed E-state index contributed by atoms with van der Waals surface area (Å²) in [6.07, 6.45) is 4.75. The predicted octanol–water partition coefficient (Wildman–Crippen LogP) is 3.24. The first-order valence-electron chi connectivity index (χ1n) is 12.1. The molecular formula is C25H45N3O4. The second-order valence-electron chi connectivity index (χ2n) is 9.79. The lowest BCUT2D eigenvalue weighted by atomic mass is 9.90. The monoisotopic (exact) mass is 451 g/mol. The van der Waals surface area contributed by atoms with E-state index >= 15 is 0 Å². The number of carbonyl (C=O) groups is 3. The standard InChI is InChI=1S/C25H45N3O4/c1-10-19-12-13-20(27(8)15-19)23(29)26-22(17(5)6)24(30)28(9)21(16(3)4)14-18(7)25(31)32-11-2/h14,16-17,19-22H,10-13,15H2,1-9H3,(H,26,29)/b18-14+/t19-,20?,21-,22+/m1/s1. The van der Waals surface area contributed by atoms with Gasteiger partial charge in [0.25, 0.3) is 0 Å². The van der Waals surface area contributed by atoms with Gasteiger partial charge in [-0.2, -0.15) is 0 Å². The van der Waals surface area contributed by atoms with E-state index in [1.165, 1.54) is 0 Å². The minimum atomic E-state index is -0.623. The van der Waals surface area contributed by atoms with Crippen molar-refractivity contribution in [3.05, 3.63) is 11.6 Å². The summed E-state index contributed by atoms with van der Waals surface area (Å²) in [7, 11) is 3.73. The van der Waals surface area contributed by atoms with Crippen molar-refractivity contribution in [2.24, 2.45) is 17.8 Å². The molecule has 0 aromatic rings. The van der Waals surface area contributed by atoms with Crippen LogP contribution in [-0.2, 0) is 19.1 Å². The van der Waals surface area contributed by atoms with Gasteiger partial charge in [0, 0.05) is 19.2 Å². The maximum absolute atomic E-state index is 13.5. The molecule has 1 fully saturated rings. The molecule has 0 saturated carbocycles. The van der Waals surface area contributed by atoms with Crippen LogP contribution in [0.25, 0.3) is 0 Å². The van der Waals surface area contributed by atoms with Crippen LogP contribution in [0.4, 0.5) is 0 Å². The fourth-order valence-electron chi connectivity index (χ4n) is 4.35. The third-order valence-electron chi connectivity index (χ3n) is 6.53. The molecule has 1 aliphatic heterocycles. The minimum absolute atomic E-state index is 0.0610. The molecule has 0 radical (unpaired) electrons. The Morgan fingerprint density at radius 3 is 2.22 bits per heavy atom. The molecule has 1 saturated heterocycles. The molecule has 0 spiro atoms. The summed E-state index contributed by atoms with van der Waals surface area (Å²) >= 11 is 0. The molecule has 1 unspecified atom stereocenters. The van der Waals surface area contributed by atoms with Crippen molar-refractivity contribution in [1.82, 2.24) is 15.1 Å². The maximum Gasteiger partial charge on any atom is 0.333 e. The normalized spacial score (nSPS) is 21.9. The quantitative estimate of drug-likeness (QED) is 0.407. The van der Waals surface area contributed by atoms with Crippen molar-refractivity contribution in [1.29, 1.82) is 0 Å². The van der Waals surface area contributed by atoms with Gasteiger partial charge in [0.1, 0.15) is 6.04 Å². The lowest BCUT2D eigenvalue weighted by molar-refractivity contribution is -0.140. The predicted molar refractivity (Wildman–Crippen MR) is 128 cm³/mol. The number of rotatable bonds is 10. The van der Waals surface area contributed by atoms with Crippen LogP contribution < -0.4 is 5.32 Å².